The van der Waals surface area contributed by atoms with Crippen molar-refractivity contribution in [3.05, 3.63) is 24.1 Å². The van der Waals surface area contributed by atoms with Gasteiger partial charge in [-0.3, -0.25) is 4.79 Å². The Kier molecular flexibility index (Phi) is 5.23. The first-order valence-electron chi connectivity index (χ1n) is 7.55. The smallest absolute Gasteiger partial charge is 0.229 e. The van der Waals surface area contributed by atoms with Crippen LogP contribution in [0.3, 0.4) is 0 Å². The molecule has 2 aliphatic carbocycles. The lowest BCUT2D eigenvalue weighted by atomic mass is 9.84. The predicted octanol–water partition coefficient (Wildman–Crippen LogP) is 3.29. The summed E-state index contributed by atoms with van der Waals surface area (Å²) in [4.78, 5) is 16.8. The number of nitrogens with two attached hydrogens (primary N) is 1. The number of aromatic nitrogens is 1. The fraction of sp³-hybridized carbons (Fsp3) is 0.500. The van der Waals surface area contributed by atoms with Crippen LogP contribution in [0.15, 0.2) is 22.6 Å². The van der Waals surface area contributed by atoms with Crippen molar-refractivity contribution in [2.24, 2.45) is 23.5 Å². The molecule has 7 heteroatoms. The summed E-state index contributed by atoms with van der Waals surface area (Å²) >= 11 is 0. The number of rotatable bonds is 2. The van der Waals surface area contributed by atoms with Gasteiger partial charge in [-0.1, -0.05) is 0 Å². The number of oxazole rings is 1. The first kappa shape index (κ1) is 18.0. The molecule has 0 spiro atoms. The van der Waals surface area contributed by atoms with Gasteiger partial charge >= 0.3 is 0 Å². The highest BCUT2D eigenvalue weighted by molar-refractivity contribution is 5.95. The van der Waals surface area contributed by atoms with Crippen molar-refractivity contribution >= 4 is 47.5 Å². The van der Waals surface area contributed by atoms with E-state index < -0.39 is 0 Å². The molecule has 3 N–H and O–H groups in total. The van der Waals surface area contributed by atoms with E-state index in [4.69, 9.17) is 10.2 Å². The van der Waals surface area contributed by atoms with Crippen LogP contribution in [0.4, 0.5) is 5.69 Å². The summed E-state index contributed by atoms with van der Waals surface area (Å²) in [5, 5.41) is 3.00. The molecule has 2 saturated carbocycles. The summed E-state index contributed by atoms with van der Waals surface area (Å²) in [6.07, 6.45) is 3.43. The fourth-order valence-corrected chi connectivity index (χ4v) is 4.07. The van der Waals surface area contributed by atoms with Crippen molar-refractivity contribution < 1.29 is 9.21 Å². The van der Waals surface area contributed by atoms with Crippen LogP contribution in [0.2, 0.25) is 0 Å². The van der Waals surface area contributed by atoms with Gasteiger partial charge in [-0.25, -0.2) is 4.98 Å². The molecule has 0 radical (unpaired) electrons. The molecule has 2 aliphatic rings. The van der Waals surface area contributed by atoms with Crippen LogP contribution in [-0.2, 0) is 4.79 Å². The second-order valence-electron chi connectivity index (χ2n) is 6.34. The number of nitrogens with zero attached hydrogens (tertiary/aromatic N) is 1. The van der Waals surface area contributed by atoms with E-state index in [0.29, 0.717) is 17.7 Å². The van der Waals surface area contributed by atoms with Crippen molar-refractivity contribution in [1.29, 1.82) is 0 Å². The Morgan fingerprint density at radius 3 is 2.74 bits per heavy atom. The zero-order chi connectivity index (χ0) is 14.6. The number of hydrogen-bond donors (Lipinski definition) is 2. The van der Waals surface area contributed by atoms with Crippen molar-refractivity contribution in [2.45, 2.75) is 32.2 Å². The molecule has 4 rings (SSSR count). The van der Waals surface area contributed by atoms with Gasteiger partial charge in [0.2, 0.25) is 5.91 Å². The number of hydrogen-bond acceptors (Lipinski definition) is 4. The van der Waals surface area contributed by atoms with Gasteiger partial charge in [-0.15, -0.1) is 24.8 Å². The van der Waals surface area contributed by atoms with Crippen LogP contribution >= 0.6 is 24.8 Å². The number of carbonyl (C=O) groups is 1. The lowest BCUT2D eigenvalue weighted by Crippen LogP contribution is -2.42. The zero-order valence-corrected chi connectivity index (χ0v) is 14.5. The fourth-order valence-electron chi connectivity index (χ4n) is 4.07. The molecule has 126 valence electrons. The van der Waals surface area contributed by atoms with Gasteiger partial charge in [0.25, 0.3) is 0 Å². The van der Waals surface area contributed by atoms with Crippen molar-refractivity contribution in [1.82, 2.24) is 4.98 Å². The third-order valence-corrected chi connectivity index (χ3v) is 5.05. The third kappa shape index (κ3) is 3.05. The average molecular weight is 358 g/mol. The van der Waals surface area contributed by atoms with Crippen LogP contribution in [0.5, 0.6) is 0 Å². The van der Waals surface area contributed by atoms with Gasteiger partial charge < -0.3 is 15.5 Å². The lowest BCUT2D eigenvalue weighted by molar-refractivity contribution is -0.121. The Bertz CT molecular complexity index is 716. The summed E-state index contributed by atoms with van der Waals surface area (Å²) in [7, 11) is 0. The molecule has 0 saturated heterocycles. The molecule has 1 heterocycles. The lowest BCUT2D eigenvalue weighted by Gasteiger charge is -2.26. The molecule has 1 amide bonds. The molecule has 23 heavy (non-hydrogen) atoms. The minimum Gasteiger partial charge on any atom is -0.441 e. The number of carbonyl (C=O) groups excluding carboxylic acids is 1. The number of amides is 1. The van der Waals surface area contributed by atoms with Crippen LogP contribution in [0.1, 0.15) is 25.2 Å². The molecular weight excluding hydrogens is 337 g/mol. The molecule has 5 nitrogen and oxygen atoms in total. The third-order valence-electron chi connectivity index (χ3n) is 5.05. The normalized spacial score (nSPS) is 28.3. The minimum absolute atomic E-state index is 0. The van der Waals surface area contributed by atoms with Crippen LogP contribution in [0, 0.1) is 24.7 Å². The molecule has 4 unspecified atom stereocenters. The quantitative estimate of drug-likeness (QED) is 0.863. The standard InChI is InChI=1S/C16H19N3O2.2ClH/c1-8-18-12-7-11(4-5-13(12)21-8)19-16(20)14-9-2-3-10(6-9)15(14)17;;/h4-5,7,9-10,14-15H,2-3,6,17H2,1H3,(H,19,20);2*1H. The Labute approximate surface area is 147 Å². The van der Waals surface area contributed by atoms with E-state index in [1.54, 1.807) is 0 Å². The number of benzene rings is 1. The summed E-state index contributed by atoms with van der Waals surface area (Å²) < 4.78 is 5.44. The summed E-state index contributed by atoms with van der Waals surface area (Å²) in [5.74, 6) is 1.63. The van der Waals surface area contributed by atoms with E-state index >= 15 is 0 Å². The summed E-state index contributed by atoms with van der Waals surface area (Å²) in [5.41, 5.74) is 8.49. The Hall–Kier alpha value is -1.30. The molecular formula is C16H21Cl2N3O2. The maximum Gasteiger partial charge on any atom is 0.229 e. The van der Waals surface area contributed by atoms with E-state index in [2.05, 4.69) is 10.3 Å². The monoisotopic (exact) mass is 357 g/mol. The number of fused-ring (bicyclic) bond motifs is 3. The van der Waals surface area contributed by atoms with Gasteiger partial charge in [0.15, 0.2) is 11.5 Å². The van der Waals surface area contributed by atoms with Gasteiger partial charge in [0.05, 0.1) is 5.92 Å². The van der Waals surface area contributed by atoms with Crippen molar-refractivity contribution in [2.75, 3.05) is 5.32 Å². The Morgan fingerprint density at radius 1 is 1.30 bits per heavy atom. The highest BCUT2D eigenvalue weighted by Gasteiger charge is 2.49. The number of aryl methyl sites for hydroxylation is 1. The van der Waals surface area contributed by atoms with Crippen molar-refractivity contribution in [3.8, 4) is 0 Å². The number of anilines is 1. The first-order chi connectivity index (χ1) is 10.1. The van der Waals surface area contributed by atoms with E-state index in [0.717, 1.165) is 29.6 Å². The van der Waals surface area contributed by atoms with Crippen molar-refractivity contribution in [3.63, 3.8) is 0 Å². The number of halogens is 2. The highest BCUT2D eigenvalue weighted by Crippen LogP contribution is 2.47. The van der Waals surface area contributed by atoms with E-state index in [1.807, 2.05) is 25.1 Å². The Balaban J connectivity index is 0.000000960. The SMILES string of the molecule is Cc1nc2cc(NC(=O)C3C4CCC(C4)C3N)ccc2o1.Cl.Cl. The predicted molar refractivity (Wildman–Crippen MR) is 94.2 cm³/mol. The maximum atomic E-state index is 12.5. The zero-order valence-electron chi connectivity index (χ0n) is 12.8. The molecule has 2 bridgehead atoms. The van der Waals surface area contributed by atoms with Gasteiger partial charge in [0.1, 0.15) is 5.52 Å². The van der Waals surface area contributed by atoms with E-state index in [9.17, 15) is 4.79 Å². The van der Waals surface area contributed by atoms with E-state index in [1.165, 1.54) is 6.42 Å². The van der Waals surface area contributed by atoms with Crippen LogP contribution in [-0.4, -0.2) is 16.9 Å². The topological polar surface area (TPSA) is 81.2 Å². The van der Waals surface area contributed by atoms with Crippen LogP contribution < -0.4 is 11.1 Å². The first-order valence-corrected chi connectivity index (χ1v) is 7.55. The van der Waals surface area contributed by atoms with Gasteiger partial charge in [-0.2, -0.15) is 0 Å². The van der Waals surface area contributed by atoms with Gasteiger partial charge in [-0.05, 0) is 49.3 Å². The Morgan fingerprint density at radius 2 is 2.04 bits per heavy atom. The van der Waals surface area contributed by atoms with Gasteiger partial charge in [0, 0.05) is 18.7 Å². The second-order valence-corrected chi connectivity index (χ2v) is 6.34. The maximum absolute atomic E-state index is 12.5. The summed E-state index contributed by atoms with van der Waals surface area (Å²) in [6.45, 7) is 1.81. The van der Waals surface area contributed by atoms with E-state index in [-0.39, 0.29) is 42.7 Å². The summed E-state index contributed by atoms with van der Waals surface area (Å²) in [6, 6.07) is 5.55. The molecule has 0 aliphatic heterocycles. The largest absolute Gasteiger partial charge is 0.441 e. The molecule has 1 aromatic heterocycles. The second kappa shape index (κ2) is 6.67. The number of nitrogens with one attached hydrogen (secondary N) is 1. The molecule has 4 atom stereocenters. The minimum atomic E-state index is -0.0431. The highest BCUT2D eigenvalue weighted by atomic mass is 35.5. The molecule has 2 fully saturated rings. The van der Waals surface area contributed by atoms with Crippen LogP contribution in [0.25, 0.3) is 11.1 Å². The average Bonchev–Trinajstić information content (AvgIpc) is 3.10. The molecule has 1 aromatic carbocycles. The molecule has 2 aromatic rings.